The summed E-state index contributed by atoms with van der Waals surface area (Å²) in [5, 5.41) is 35.8. The highest BCUT2D eigenvalue weighted by atomic mass is 35.5. The average molecular weight is 1120 g/mol. The predicted octanol–water partition coefficient (Wildman–Crippen LogP) is 9.50. The molecule has 20 heteroatoms. The van der Waals surface area contributed by atoms with Gasteiger partial charge >= 0.3 is 0 Å². The van der Waals surface area contributed by atoms with Gasteiger partial charge in [0.2, 0.25) is 17.6 Å². The number of fused-ring (bicyclic) bond motifs is 3. The van der Waals surface area contributed by atoms with E-state index in [2.05, 4.69) is 52.9 Å². The number of piperazine rings is 1. The Balaban J connectivity index is 0.553. The molecule has 4 N–H and O–H groups in total. The third-order valence-electron chi connectivity index (χ3n) is 18.8. The van der Waals surface area contributed by atoms with Gasteiger partial charge in [0.15, 0.2) is 11.4 Å². The Kier molecular flexibility index (Phi) is 13.0. The van der Waals surface area contributed by atoms with E-state index in [0.29, 0.717) is 46.7 Å². The Bertz CT molecular complexity index is 3510. The number of aromatic nitrogens is 6. The molecule has 6 fully saturated rings. The zero-order valence-electron chi connectivity index (χ0n) is 45.6. The molecule has 18 nitrogen and oxygen atoms in total. The summed E-state index contributed by atoms with van der Waals surface area (Å²) in [6.07, 6.45) is 14.1. The highest BCUT2D eigenvalue weighted by Crippen LogP contribution is 2.59. The number of aliphatic hydroxyl groups excluding tert-OH is 1. The van der Waals surface area contributed by atoms with Crippen LogP contribution >= 0.6 is 11.6 Å². The van der Waals surface area contributed by atoms with E-state index in [0.717, 1.165) is 111 Å². The van der Waals surface area contributed by atoms with E-state index in [9.17, 15) is 19.4 Å². The molecule has 3 aromatic carbocycles. The number of para-hydroxylation sites is 1. The molecule has 14 rings (SSSR count). The van der Waals surface area contributed by atoms with Gasteiger partial charge < -0.3 is 44.1 Å². The van der Waals surface area contributed by atoms with Crippen molar-refractivity contribution in [2.75, 3.05) is 42.5 Å². The Morgan fingerprint density at radius 2 is 1.60 bits per heavy atom. The van der Waals surface area contributed by atoms with E-state index >= 15 is 0 Å². The minimum Gasteiger partial charge on any atom is -0.507 e. The van der Waals surface area contributed by atoms with E-state index in [1.54, 1.807) is 35.2 Å². The first-order chi connectivity index (χ1) is 39.3. The van der Waals surface area contributed by atoms with Gasteiger partial charge in [0.25, 0.3) is 5.88 Å². The number of hydrogen-bond acceptors (Lipinski definition) is 16. The van der Waals surface area contributed by atoms with Crippen molar-refractivity contribution in [1.29, 1.82) is 0 Å². The van der Waals surface area contributed by atoms with Gasteiger partial charge in [-0.05, 0) is 129 Å². The largest absolute Gasteiger partial charge is 0.507 e. The number of rotatable bonds is 13. The van der Waals surface area contributed by atoms with Crippen LogP contribution in [0, 0.1) is 17.2 Å². The van der Waals surface area contributed by atoms with Gasteiger partial charge in [0.1, 0.15) is 34.4 Å². The molecular formula is C61H66ClFN12O6. The maximum absolute atomic E-state index is 14.6. The van der Waals surface area contributed by atoms with Crippen LogP contribution in [0.5, 0.6) is 11.6 Å². The normalized spacial score (nSPS) is 27.9. The molecule has 81 heavy (non-hydrogen) atoms. The number of phenols is 1. The molecular weight excluding hydrogens is 1050 g/mol. The second-order valence-corrected chi connectivity index (χ2v) is 24.6. The van der Waals surface area contributed by atoms with Gasteiger partial charge in [-0.25, -0.2) is 29.7 Å². The molecule has 6 atom stereocenters. The fourth-order valence-corrected chi connectivity index (χ4v) is 14.7. The standard InChI is InChI=1S/C61H66ClFN12O6/c1-34(2)52(58(78)74-33-42(76)22-49(74)56-67-60(3,81-70-56)38-14-12-36(13-15-38)44-8-4-6-10-47(44)63)54-53(62)57(71-80-54)79-43-26-61(27-43)24-41(25-61)72-20-18-35(19-21-72)37-28-65-59(66-29-37)75-39-16-17-40(75)32-73(31-39)50-30-64-55-46(50)23-48(68-69-55)45-9-5-7-11-51(45)77/h4-15,23,28-30,34-35,39-43,49,52,76-77H,16-22,24-27,31-33H2,1-3H3,(H,64,69)(H,67,70)/t39?,40?,41?,42-,43?,49+,52-,60-,61?/m1/s1. The lowest BCUT2D eigenvalue weighted by Crippen LogP contribution is -2.59. The number of H-pyrrole nitrogens is 1. The van der Waals surface area contributed by atoms with E-state index in [1.807, 2.05) is 69.4 Å². The van der Waals surface area contributed by atoms with Gasteiger partial charge in [0.05, 0.1) is 23.5 Å². The van der Waals surface area contributed by atoms with Crippen LogP contribution in [0.25, 0.3) is 33.4 Å². The number of likely N-dealkylation sites (tertiary alicyclic amines) is 2. The number of piperidine rings is 1. The molecule has 4 aromatic heterocycles. The van der Waals surface area contributed by atoms with Crippen LogP contribution in [-0.4, -0.2) is 131 Å². The molecule has 420 valence electrons. The minimum atomic E-state index is -1.13. The number of phenolic OH excluding ortho intramolecular Hbond substituents is 1. The molecule has 1 amide bonds. The maximum atomic E-state index is 14.6. The molecule has 5 aliphatic heterocycles. The highest BCUT2D eigenvalue weighted by molar-refractivity contribution is 6.32. The number of aromatic amines is 1. The Hall–Kier alpha value is -7.19. The summed E-state index contributed by atoms with van der Waals surface area (Å²) in [5.74, 6) is 0.734. The average Bonchev–Trinajstić information content (AvgIpc) is 4.34. The van der Waals surface area contributed by atoms with Gasteiger partial charge in [-0.2, -0.15) is 0 Å². The van der Waals surface area contributed by atoms with Crippen LogP contribution in [0.1, 0.15) is 107 Å². The van der Waals surface area contributed by atoms with Gasteiger partial charge in [-0.3, -0.25) is 4.79 Å². The van der Waals surface area contributed by atoms with Crippen molar-refractivity contribution in [2.24, 2.45) is 16.3 Å². The van der Waals surface area contributed by atoms with Crippen LogP contribution in [0.4, 0.5) is 16.0 Å². The Labute approximate surface area is 473 Å². The van der Waals surface area contributed by atoms with Crippen molar-refractivity contribution >= 4 is 46.0 Å². The molecule has 2 unspecified atom stereocenters. The van der Waals surface area contributed by atoms with Crippen molar-refractivity contribution in [3.05, 3.63) is 125 Å². The number of halogens is 2. The van der Waals surface area contributed by atoms with Crippen LogP contribution in [0.2, 0.25) is 5.02 Å². The number of amides is 1. The van der Waals surface area contributed by atoms with Crippen molar-refractivity contribution in [3.63, 3.8) is 0 Å². The van der Waals surface area contributed by atoms with Crippen LogP contribution < -0.4 is 20.0 Å². The minimum absolute atomic E-state index is 0.0441. The molecule has 0 radical (unpaired) electrons. The fraction of sp³-hybridized carbons (Fsp3) is 0.459. The van der Waals surface area contributed by atoms with E-state index in [4.69, 9.17) is 40.7 Å². The van der Waals surface area contributed by atoms with Gasteiger partial charge in [-0.15, -0.1) is 10.2 Å². The molecule has 1 spiro atoms. The molecule has 2 saturated carbocycles. The summed E-state index contributed by atoms with van der Waals surface area (Å²) in [4.78, 5) is 48.1. The second kappa shape index (κ2) is 20.4. The summed E-state index contributed by atoms with van der Waals surface area (Å²) in [5.41, 5.74) is 8.42. The van der Waals surface area contributed by atoms with Crippen molar-refractivity contribution in [1.82, 2.24) is 45.6 Å². The van der Waals surface area contributed by atoms with E-state index in [-0.39, 0.29) is 64.5 Å². The Morgan fingerprint density at radius 1 is 0.889 bits per heavy atom. The number of aromatic hydroxyl groups is 1. The summed E-state index contributed by atoms with van der Waals surface area (Å²) < 4.78 is 26.8. The number of hydrogen-bond donors (Lipinski definition) is 4. The zero-order chi connectivity index (χ0) is 55.3. The number of hydroxylamine groups is 1. The zero-order valence-corrected chi connectivity index (χ0v) is 46.3. The number of aliphatic imine (C=N–C) groups is 1. The lowest BCUT2D eigenvalue weighted by Gasteiger charge is -2.60. The van der Waals surface area contributed by atoms with Gasteiger partial charge in [0, 0.05) is 84.8 Å². The van der Waals surface area contributed by atoms with Crippen molar-refractivity contribution in [3.8, 4) is 34.0 Å². The number of nitrogens with zero attached hydrogens (tertiary/aromatic N) is 10. The summed E-state index contributed by atoms with van der Waals surface area (Å²) >= 11 is 7.00. The van der Waals surface area contributed by atoms with E-state index < -0.39 is 23.8 Å². The third-order valence-corrected chi connectivity index (χ3v) is 19.1. The molecule has 4 saturated heterocycles. The van der Waals surface area contributed by atoms with Gasteiger partial charge in [-0.1, -0.05) is 80.0 Å². The highest BCUT2D eigenvalue weighted by Gasteiger charge is 2.56. The number of aliphatic hydroxyl groups is 1. The van der Waals surface area contributed by atoms with E-state index in [1.165, 1.54) is 11.6 Å². The number of β-amino-alcohol motifs (C(OH)–C–C–N with tert-alkyl or cyclic N) is 1. The maximum Gasteiger partial charge on any atom is 0.273 e. The second-order valence-electron chi connectivity index (χ2n) is 24.2. The summed E-state index contributed by atoms with van der Waals surface area (Å²) in [6.45, 7) is 9.62. The monoisotopic (exact) mass is 1120 g/mol. The van der Waals surface area contributed by atoms with Crippen LogP contribution in [0.15, 0.2) is 107 Å². The molecule has 2 bridgehead atoms. The Morgan fingerprint density at radius 3 is 2.32 bits per heavy atom. The molecule has 2 aliphatic carbocycles. The van der Waals surface area contributed by atoms with Crippen molar-refractivity contribution in [2.45, 2.75) is 132 Å². The number of carbonyl (C=O) groups excluding carboxylic acids is 1. The van der Waals surface area contributed by atoms with Crippen LogP contribution in [-0.2, 0) is 15.4 Å². The number of carbonyl (C=O) groups is 1. The number of ether oxygens (including phenoxy) is 1. The quantitative estimate of drug-likeness (QED) is 0.0848. The summed E-state index contributed by atoms with van der Waals surface area (Å²) in [6, 6.07) is 23.8. The molecule has 9 heterocycles. The first-order valence-corrected chi connectivity index (χ1v) is 29.1. The molecule has 7 aliphatic rings. The third kappa shape index (κ3) is 9.33. The number of nitrogens with one attached hydrogen (secondary N) is 2. The first-order valence-electron chi connectivity index (χ1n) is 28.7. The van der Waals surface area contributed by atoms with Crippen molar-refractivity contribution < 1.29 is 33.5 Å². The van der Waals surface area contributed by atoms with Crippen LogP contribution in [0.3, 0.4) is 0 Å². The first kappa shape index (κ1) is 51.9. The smallest absolute Gasteiger partial charge is 0.273 e. The number of amidine groups is 1. The topological polar surface area (TPSA) is 207 Å². The SMILES string of the molecule is CC(C)[C@@H](C(=O)N1C[C@H](O)C[C@H]1C1=N[C@@](C)(c2ccc(-c3ccccc3F)cc2)ON1)c1onc(OC2CC3(C2)CC(N2CCC(c4cnc(N5C6CCC5CN(c5c[nH]c7nnc(-c8ccccc8O)cc57)C6)nc4)CC2)C3)c1Cl. The summed E-state index contributed by atoms with van der Waals surface area (Å²) in [7, 11) is 0. The number of anilines is 2. The lowest BCUT2D eigenvalue weighted by atomic mass is 9.52. The fourth-order valence-electron chi connectivity index (χ4n) is 14.5. The number of benzene rings is 3. The molecule has 7 aromatic rings. The predicted molar refractivity (Wildman–Crippen MR) is 303 cm³/mol. The lowest BCUT2D eigenvalue weighted by molar-refractivity contribution is -0.134.